The molecule has 0 N–H and O–H groups in total. The summed E-state index contributed by atoms with van der Waals surface area (Å²) in [6, 6.07) is 5.88. The van der Waals surface area contributed by atoms with Crippen LogP contribution in [0.15, 0.2) is 22.7 Å². The Hall–Kier alpha value is -0.450. The molecule has 1 aliphatic rings. The van der Waals surface area contributed by atoms with Gasteiger partial charge in [-0.05, 0) is 53.5 Å². The third kappa shape index (κ3) is 3.50. The molecular weight excluding hydrogens is 285 g/mol. The first-order valence-electron chi connectivity index (χ1n) is 5.89. The molecule has 1 saturated heterocycles. The summed E-state index contributed by atoms with van der Waals surface area (Å²) in [4.78, 5) is 2.28. The Bertz CT molecular complexity index is 380. The fourth-order valence-corrected chi connectivity index (χ4v) is 2.43. The molecule has 0 aliphatic carbocycles. The van der Waals surface area contributed by atoms with Crippen LogP contribution in [-0.4, -0.2) is 31.2 Å². The van der Waals surface area contributed by atoms with Crippen LogP contribution in [0.1, 0.15) is 18.4 Å². The summed E-state index contributed by atoms with van der Waals surface area (Å²) in [5.74, 6) is -0.192. The van der Waals surface area contributed by atoms with Gasteiger partial charge in [-0.2, -0.15) is 0 Å². The maximum Gasteiger partial charge on any atom is 0.137 e. The number of nitrogens with zero attached hydrogens (tertiary/aromatic N) is 1. The minimum atomic E-state index is -0.192. The van der Waals surface area contributed by atoms with E-state index in [0.717, 1.165) is 38.2 Å². The van der Waals surface area contributed by atoms with E-state index >= 15 is 0 Å². The monoisotopic (exact) mass is 301 g/mol. The molecule has 1 aliphatic heterocycles. The first-order valence-corrected chi connectivity index (χ1v) is 6.68. The number of benzene rings is 1. The molecule has 0 spiro atoms. The van der Waals surface area contributed by atoms with Gasteiger partial charge in [-0.25, -0.2) is 4.39 Å². The maximum absolute atomic E-state index is 13.4. The molecule has 4 heteroatoms. The van der Waals surface area contributed by atoms with Crippen LogP contribution in [-0.2, 0) is 11.3 Å². The summed E-state index contributed by atoms with van der Waals surface area (Å²) >= 11 is 3.17. The molecule has 0 aromatic heterocycles. The van der Waals surface area contributed by atoms with Gasteiger partial charge in [-0.1, -0.05) is 6.07 Å². The lowest BCUT2D eigenvalue weighted by molar-refractivity contribution is 0.0406. The Morgan fingerprint density at radius 1 is 1.41 bits per heavy atom. The van der Waals surface area contributed by atoms with E-state index in [0.29, 0.717) is 10.5 Å². The van der Waals surface area contributed by atoms with Gasteiger partial charge in [0.05, 0.1) is 4.47 Å². The van der Waals surface area contributed by atoms with Crippen molar-refractivity contribution in [1.82, 2.24) is 4.90 Å². The SMILES string of the molecule is CN(Cc1ccc(Br)c(F)c1)C1CCOCC1. The average molecular weight is 302 g/mol. The first-order chi connectivity index (χ1) is 8.16. The van der Waals surface area contributed by atoms with Crippen molar-refractivity contribution in [1.29, 1.82) is 0 Å². The van der Waals surface area contributed by atoms with Gasteiger partial charge >= 0.3 is 0 Å². The maximum atomic E-state index is 13.4. The van der Waals surface area contributed by atoms with E-state index in [2.05, 4.69) is 27.9 Å². The van der Waals surface area contributed by atoms with Crippen molar-refractivity contribution in [3.8, 4) is 0 Å². The van der Waals surface area contributed by atoms with Crippen molar-refractivity contribution in [2.24, 2.45) is 0 Å². The minimum Gasteiger partial charge on any atom is -0.381 e. The van der Waals surface area contributed by atoms with E-state index in [9.17, 15) is 4.39 Å². The molecule has 0 radical (unpaired) electrons. The van der Waals surface area contributed by atoms with Gasteiger partial charge in [-0.15, -0.1) is 0 Å². The summed E-state index contributed by atoms with van der Waals surface area (Å²) in [5.41, 5.74) is 1.01. The second-order valence-corrected chi connectivity index (χ2v) is 5.36. The standard InChI is InChI=1S/C13H17BrFNO/c1-16(11-4-6-17-7-5-11)9-10-2-3-12(14)13(15)8-10/h2-3,8,11H,4-7,9H2,1H3. The predicted molar refractivity (Wildman–Crippen MR) is 69.4 cm³/mol. The molecular formula is C13H17BrFNO. The number of hydrogen-bond donors (Lipinski definition) is 0. The summed E-state index contributed by atoms with van der Waals surface area (Å²) in [5, 5.41) is 0. The van der Waals surface area contributed by atoms with Crippen molar-refractivity contribution in [3.63, 3.8) is 0 Å². The smallest absolute Gasteiger partial charge is 0.137 e. The average Bonchev–Trinajstić information content (AvgIpc) is 2.35. The zero-order valence-electron chi connectivity index (χ0n) is 9.96. The van der Waals surface area contributed by atoms with Crippen LogP contribution in [0.4, 0.5) is 4.39 Å². The molecule has 1 aromatic carbocycles. The molecule has 1 fully saturated rings. The zero-order valence-corrected chi connectivity index (χ0v) is 11.5. The van der Waals surface area contributed by atoms with Crippen molar-refractivity contribution < 1.29 is 9.13 Å². The summed E-state index contributed by atoms with van der Waals surface area (Å²) < 4.78 is 19.3. The van der Waals surface area contributed by atoms with E-state index in [-0.39, 0.29) is 5.82 Å². The number of ether oxygens (including phenoxy) is 1. The molecule has 1 aromatic rings. The molecule has 0 bridgehead atoms. The number of rotatable bonds is 3. The highest BCUT2D eigenvalue weighted by molar-refractivity contribution is 9.10. The predicted octanol–water partition coefficient (Wildman–Crippen LogP) is 3.20. The largest absolute Gasteiger partial charge is 0.381 e. The normalized spacial score (nSPS) is 17.6. The topological polar surface area (TPSA) is 12.5 Å². The molecule has 17 heavy (non-hydrogen) atoms. The molecule has 0 amide bonds. The molecule has 2 nitrogen and oxygen atoms in total. The van der Waals surface area contributed by atoms with E-state index < -0.39 is 0 Å². The second-order valence-electron chi connectivity index (χ2n) is 4.51. The van der Waals surface area contributed by atoms with Crippen molar-refractivity contribution in [3.05, 3.63) is 34.1 Å². The van der Waals surface area contributed by atoms with E-state index in [1.807, 2.05) is 6.07 Å². The highest BCUT2D eigenvalue weighted by Crippen LogP contribution is 2.19. The van der Waals surface area contributed by atoms with Crippen LogP contribution in [0.25, 0.3) is 0 Å². The number of hydrogen-bond acceptors (Lipinski definition) is 2. The fourth-order valence-electron chi connectivity index (χ4n) is 2.18. The van der Waals surface area contributed by atoms with Gasteiger partial charge in [-0.3, -0.25) is 4.90 Å². The van der Waals surface area contributed by atoms with Crippen LogP contribution in [0.3, 0.4) is 0 Å². The molecule has 2 rings (SSSR count). The Morgan fingerprint density at radius 2 is 2.12 bits per heavy atom. The van der Waals surface area contributed by atoms with Crippen LogP contribution in [0, 0.1) is 5.82 Å². The highest BCUT2D eigenvalue weighted by atomic mass is 79.9. The zero-order chi connectivity index (χ0) is 12.3. The molecule has 94 valence electrons. The summed E-state index contributed by atoms with van der Waals surface area (Å²) in [7, 11) is 2.09. The van der Waals surface area contributed by atoms with Gasteiger partial charge in [0.15, 0.2) is 0 Å². The van der Waals surface area contributed by atoms with E-state index in [1.165, 1.54) is 0 Å². The Kier molecular flexibility index (Phi) is 4.54. The lowest BCUT2D eigenvalue weighted by Crippen LogP contribution is -2.36. The Labute approximate surface area is 110 Å². The van der Waals surface area contributed by atoms with Gasteiger partial charge in [0.1, 0.15) is 5.82 Å². The van der Waals surface area contributed by atoms with Crippen LogP contribution >= 0.6 is 15.9 Å². The van der Waals surface area contributed by atoms with Crippen LogP contribution in [0.5, 0.6) is 0 Å². The fraction of sp³-hybridized carbons (Fsp3) is 0.538. The van der Waals surface area contributed by atoms with E-state index in [1.54, 1.807) is 12.1 Å². The quantitative estimate of drug-likeness (QED) is 0.850. The number of halogens is 2. The van der Waals surface area contributed by atoms with Gasteiger partial charge in [0.2, 0.25) is 0 Å². The lowest BCUT2D eigenvalue weighted by Gasteiger charge is -2.31. The molecule has 0 unspecified atom stereocenters. The van der Waals surface area contributed by atoms with Crippen LogP contribution < -0.4 is 0 Å². The Morgan fingerprint density at radius 3 is 2.76 bits per heavy atom. The summed E-state index contributed by atoms with van der Waals surface area (Å²) in [6.07, 6.45) is 2.13. The third-order valence-corrected chi connectivity index (χ3v) is 3.87. The van der Waals surface area contributed by atoms with Crippen molar-refractivity contribution >= 4 is 15.9 Å². The van der Waals surface area contributed by atoms with Gasteiger partial charge in [0, 0.05) is 25.8 Å². The minimum absolute atomic E-state index is 0.192. The van der Waals surface area contributed by atoms with Gasteiger partial charge in [0.25, 0.3) is 0 Å². The highest BCUT2D eigenvalue weighted by Gasteiger charge is 2.18. The first kappa shape index (κ1) is 13.0. The van der Waals surface area contributed by atoms with E-state index in [4.69, 9.17) is 4.74 Å². The Balaban J connectivity index is 1.96. The second kappa shape index (κ2) is 5.94. The molecule has 0 saturated carbocycles. The molecule has 1 heterocycles. The van der Waals surface area contributed by atoms with Gasteiger partial charge < -0.3 is 4.74 Å². The lowest BCUT2D eigenvalue weighted by atomic mass is 10.1. The summed E-state index contributed by atoms with van der Waals surface area (Å²) in [6.45, 7) is 2.46. The van der Waals surface area contributed by atoms with Crippen molar-refractivity contribution in [2.75, 3.05) is 20.3 Å². The molecule has 0 atom stereocenters. The van der Waals surface area contributed by atoms with Crippen LogP contribution in [0.2, 0.25) is 0 Å². The third-order valence-electron chi connectivity index (χ3n) is 3.23. The van der Waals surface area contributed by atoms with Crippen molar-refractivity contribution in [2.45, 2.75) is 25.4 Å².